The van der Waals surface area contributed by atoms with E-state index < -0.39 is 0 Å². The molecule has 5 nitrogen and oxygen atoms in total. The highest BCUT2D eigenvalue weighted by Gasteiger charge is 2.25. The topological polar surface area (TPSA) is 62.3 Å². The molecule has 0 spiro atoms. The van der Waals surface area contributed by atoms with Gasteiger partial charge in [-0.2, -0.15) is 0 Å². The molecule has 2 heterocycles. The molecule has 22 heavy (non-hydrogen) atoms. The summed E-state index contributed by atoms with van der Waals surface area (Å²) in [6.07, 6.45) is 2.81. The van der Waals surface area contributed by atoms with Crippen molar-refractivity contribution >= 4 is 23.3 Å². The first kappa shape index (κ1) is 14.3. The second-order valence-corrected chi connectivity index (χ2v) is 5.38. The van der Waals surface area contributed by atoms with Gasteiger partial charge in [-0.3, -0.25) is 9.59 Å². The van der Waals surface area contributed by atoms with E-state index in [-0.39, 0.29) is 18.4 Å². The van der Waals surface area contributed by atoms with E-state index in [1.807, 2.05) is 37.3 Å². The molecule has 5 heteroatoms. The Morgan fingerprint density at radius 2 is 2.09 bits per heavy atom. The van der Waals surface area contributed by atoms with E-state index in [0.29, 0.717) is 12.2 Å². The Bertz CT molecular complexity index is 727. The fourth-order valence-electron chi connectivity index (χ4n) is 2.60. The number of nitrogens with zero attached hydrogens (tertiary/aromatic N) is 2. The number of aryl methyl sites for hydroxylation is 2. The van der Waals surface area contributed by atoms with Gasteiger partial charge in [-0.1, -0.05) is 18.2 Å². The van der Waals surface area contributed by atoms with Gasteiger partial charge in [-0.15, -0.1) is 0 Å². The van der Waals surface area contributed by atoms with Crippen LogP contribution in [-0.2, 0) is 16.0 Å². The number of benzene rings is 1. The van der Waals surface area contributed by atoms with E-state index in [1.165, 1.54) is 0 Å². The number of aromatic nitrogens is 1. The maximum Gasteiger partial charge on any atom is 0.245 e. The number of carbonyl (C=O) groups is 2. The Morgan fingerprint density at radius 1 is 1.27 bits per heavy atom. The molecule has 1 aromatic carbocycles. The van der Waals surface area contributed by atoms with Crippen molar-refractivity contribution in [1.29, 1.82) is 0 Å². The second kappa shape index (κ2) is 5.97. The first-order valence-corrected chi connectivity index (χ1v) is 7.24. The molecule has 1 aromatic heterocycles. The van der Waals surface area contributed by atoms with E-state index in [1.54, 1.807) is 17.2 Å². The smallest absolute Gasteiger partial charge is 0.245 e. The number of pyridine rings is 1. The molecule has 1 N–H and O–H groups in total. The number of para-hydroxylation sites is 1. The zero-order valence-corrected chi connectivity index (χ0v) is 12.4. The minimum absolute atomic E-state index is 0.00543. The SMILES string of the molecule is Cc1ccnc(NC(=O)CN2C(=O)CCc3ccccc32)c1. The van der Waals surface area contributed by atoms with Gasteiger partial charge in [0.15, 0.2) is 0 Å². The third kappa shape index (κ3) is 2.98. The van der Waals surface area contributed by atoms with Crippen LogP contribution < -0.4 is 10.2 Å². The predicted octanol–water partition coefficient (Wildman–Crippen LogP) is 2.31. The summed E-state index contributed by atoms with van der Waals surface area (Å²) in [6, 6.07) is 11.4. The van der Waals surface area contributed by atoms with Gasteiger partial charge in [0, 0.05) is 18.3 Å². The first-order valence-electron chi connectivity index (χ1n) is 7.24. The third-order valence-electron chi connectivity index (χ3n) is 3.68. The van der Waals surface area contributed by atoms with Gasteiger partial charge < -0.3 is 10.2 Å². The first-order chi connectivity index (χ1) is 10.6. The lowest BCUT2D eigenvalue weighted by atomic mass is 10.0. The number of carbonyl (C=O) groups excluding carboxylic acids is 2. The summed E-state index contributed by atoms with van der Waals surface area (Å²) in [5.74, 6) is 0.233. The molecule has 0 unspecified atom stereocenters. The number of hydrogen-bond donors (Lipinski definition) is 1. The van der Waals surface area contributed by atoms with Crippen molar-refractivity contribution in [3.63, 3.8) is 0 Å². The van der Waals surface area contributed by atoms with Crippen LogP contribution in [-0.4, -0.2) is 23.3 Å². The molecule has 0 aliphatic carbocycles. The van der Waals surface area contributed by atoms with Crippen LogP contribution in [0.25, 0.3) is 0 Å². The monoisotopic (exact) mass is 295 g/mol. The maximum atomic E-state index is 12.2. The van der Waals surface area contributed by atoms with E-state index >= 15 is 0 Å². The summed E-state index contributed by atoms with van der Waals surface area (Å²) in [5.41, 5.74) is 2.94. The van der Waals surface area contributed by atoms with Crippen molar-refractivity contribution in [1.82, 2.24) is 4.98 Å². The molecule has 3 rings (SSSR count). The van der Waals surface area contributed by atoms with Gasteiger partial charge >= 0.3 is 0 Å². The number of rotatable bonds is 3. The highest BCUT2D eigenvalue weighted by molar-refractivity contribution is 6.03. The van der Waals surface area contributed by atoms with Gasteiger partial charge in [0.1, 0.15) is 12.4 Å². The average molecular weight is 295 g/mol. The van der Waals surface area contributed by atoms with E-state index in [2.05, 4.69) is 10.3 Å². The Labute approximate surface area is 129 Å². The zero-order valence-electron chi connectivity index (χ0n) is 12.4. The Hall–Kier alpha value is -2.69. The maximum absolute atomic E-state index is 12.2. The molecule has 2 amide bonds. The minimum Gasteiger partial charge on any atom is -0.309 e. The van der Waals surface area contributed by atoms with Crippen LogP contribution in [0, 0.1) is 6.92 Å². The Morgan fingerprint density at radius 3 is 2.91 bits per heavy atom. The summed E-state index contributed by atoms with van der Waals surface area (Å²) >= 11 is 0. The van der Waals surface area contributed by atoms with E-state index in [0.717, 1.165) is 23.2 Å². The molecule has 1 aliphatic rings. The Balaban J connectivity index is 1.75. The lowest BCUT2D eigenvalue weighted by Gasteiger charge is -2.28. The van der Waals surface area contributed by atoms with E-state index in [4.69, 9.17) is 0 Å². The molecule has 2 aromatic rings. The van der Waals surface area contributed by atoms with Crippen LogP contribution in [0.3, 0.4) is 0 Å². The van der Waals surface area contributed by atoms with Crippen LogP contribution >= 0.6 is 0 Å². The number of nitrogens with one attached hydrogen (secondary N) is 1. The summed E-state index contributed by atoms with van der Waals surface area (Å²) < 4.78 is 0. The van der Waals surface area contributed by atoms with Gasteiger partial charge in [0.05, 0.1) is 0 Å². The number of anilines is 2. The van der Waals surface area contributed by atoms with Crippen LogP contribution in [0.2, 0.25) is 0 Å². The second-order valence-electron chi connectivity index (χ2n) is 5.38. The molecule has 0 radical (unpaired) electrons. The zero-order chi connectivity index (χ0) is 15.5. The van der Waals surface area contributed by atoms with Crippen molar-refractivity contribution < 1.29 is 9.59 Å². The van der Waals surface area contributed by atoms with Crippen molar-refractivity contribution in [3.8, 4) is 0 Å². The quantitative estimate of drug-likeness (QED) is 0.945. The fraction of sp³-hybridized carbons (Fsp3) is 0.235. The van der Waals surface area contributed by atoms with Crippen LogP contribution in [0.5, 0.6) is 0 Å². The van der Waals surface area contributed by atoms with Crippen molar-refractivity contribution in [2.75, 3.05) is 16.8 Å². The lowest BCUT2D eigenvalue weighted by Crippen LogP contribution is -2.40. The van der Waals surface area contributed by atoms with Crippen LogP contribution in [0.15, 0.2) is 42.6 Å². The molecular formula is C17H17N3O2. The van der Waals surface area contributed by atoms with Gasteiger partial charge in [-0.05, 0) is 42.7 Å². The number of fused-ring (bicyclic) bond motifs is 1. The van der Waals surface area contributed by atoms with Crippen molar-refractivity contribution in [2.45, 2.75) is 19.8 Å². The largest absolute Gasteiger partial charge is 0.309 e. The molecule has 0 saturated carbocycles. The molecule has 0 saturated heterocycles. The predicted molar refractivity (Wildman–Crippen MR) is 84.7 cm³/mol. The normalized spacial score (nSPS) is 13.7. The summed E-state index contributed by atoms with van der Waals surface area (Å²) in [5, 5.41) is 2.74. The lowest BCUT2D eigenvalue weighted by molar-refractivity contribution is -0.121. The van der Waals surface area contributed by atoms with Gasteiger partial charge in [-0.25, -0.2) is 4.98 Å². The van der Waals surface area contributed by atoms with E-state index in [9.17, 15) is 9.59 Å². The van der Waals surface area contributed by atoms with Crippen molar-refractivity contribution in [3.05, 3.63) is 53.7 Å². The molecule has 0 fully saturated rings. The Kier molecular flexibility index (Phi) is 3.87. The standard InChI is InChI=1S/C17H17N3O2/c1-12-8-9-18-15(10-12)19-16(21)11-20-14-5-3-2-4-13(14)6-7-17(20)22/h2-5,8-10H,6-7,11H2,1H3,(H,18,19,21). The summed E-state index contributed by atoms with van der Waals surface area (Å²) in [4.78, 5) is 30.0. The van der Waals surface area contributed by atoms with Crippen molar-refractivity contribution in [2.24, 2.45) is 0 Å². The summed E-state index contributed by atoms with van der Waals surface area (Å²) in [7, 11) is 0. The molecule has 1 aliphatic heterocycles. The minimum atomic E-state index is -0.247. The number of hydrogen-bond acceptors (Lipinski definition) is 3. The van der Waals surface area contributed by atoms with Crippen LogP contribution in [0.1, 0.15) is 17.5 Å². The highest BCUT2D eigenvalue weighted by atomic mass is 16.2. The highest BCUT2D eigenvalue weighted by Crippen LogP contribution is 2.27. The third-order valence-corrected chi connectivity index (χ3v) is 3.68. The summed E-state index contributed by atoms with van der Waals surface area (Å²) in [6.45, 7) is 1.94. The average Bonchev–Trinajstić information content (AvgIpc) is 2.50. The molecule has 112 valence electrons. The molecule has 0 atom stereocenters. The number of amides is 2. The van der Waals surface area contributed by atoms with Gasteiger partial charge in [0.25, 0.3) is 0 Å². The molecular weight excluding hydrogens is 278 g/mol. The molecule has 0 bridgehead atoms. The van der Waals surface area contributed by atoms with Crippen LogP contribution in [0.4, 0.5) is 11.5 Å². The fourth-order valence-corrected chi connectivity index (χ4v) is 2.60. The van der Waals surface area contributed by atoms with Gasteiger partial charge in [0.2, 0.25) is 11.8 Å².